The van der Waals surface area contributed by atoms with Gasteiger partial charge < -0.3 is 15.8 Å². The maximum Gasteiger partial charge on any atom is 0.422 e. The van der Waals surface area contributed by atoms with E-state index in [4.69, 9.17) is 10.5 Å². The van der Waals surface area contributed by atoms with Crippen LogP contribution in [-0.2, 0) is 6.54 Å². The molecule has 0 saturated heterocycles. The van der Waals surface area contributed by atoms with Gasteiger partial charge in [0, 0.05) is 19.2 Å². The summed E-state index contributed by atoms with van der Waals surface area (Å²) in [6, 6.07) is 5.04. The topological polar surface area (TPSA) is 59.6 Å². The summed E-state index contributed by atoms with van der Waals surface area (Å²) in [6.45, 7) is 0.705. The Morgan fingerprint density at radius 3 is 2.60 bits per heavy atom. The summed E-state index contributed by atoms with van der Waals surface area (Å²) in [5, 5.41) is 2.77. The van der Waals surface area contributed by atoms with E-state index in [-0.39, 0.29) is 42.2 Å². The highest BCUT2D eigenvalue weighted by atomic mass is 127. The standard InChI is InChI=1S/C12H16F3N3O.HI/c1-8-3-4-9(6-18-11(16)17-2)10(5-8)19-7-12(13,14)15;/h3-5H,6-7H2,1-2H3,(H3,16,17,18);1H. The molecule has 0 aromatic heterocycles. The van der Waals surface area contributed by atoms with E-state index in [0.29, 0.717) is 5.56 Å². The summed E-state index contributed by atoms with van der Waals surface area (Å²) >= 11 is 0. The van der Waals surface area contributed by atoms with E-state index in [0.717, 1.165) is 5.56 Å². The van der Waals surface area contributed by atoms with E-state index in [1.54, 1.807) is 25.1 Å². The third-order valence-electron chi connectivity index (χ3n) is 2.31. The van der Waals surface area contributed by atoms with Gasteiger partial charge in [-0.15, -0.1) is 24.0 Å². The highest BCUT2D eigenvalue weighted by molar-refractivity contribution is 14.0. The van der Waals surface area contributed by atoms with Gasteiger partial charge in [-0.25, -0.2) is 0 Å². The van der Waals surface area contributed by atoms with Gasteiger partial charge in [-0.05, 0) is 18.6 Å². The Morgan fingerprint density at radius 2 is 2.05 bits per heavy atom. The molecule has 20 heavy (non-hydrogen) atoms. The van der Waals surface area contributed by atoms with Gasteiger partial charge in [-0.1, -0.05) is 12.1 Å². The number of nitrogens with two attached hydrogens (primary N) is 1. The first kappa shape index (κ1) is 18.8. The van der Waals surface area contributed by atoms with Gasteiger partial charge in [-0.2, -0.15) is 13.2 Å². The van der Waals surface area contributed by atoms with Crippen LogP contribution in [0.2, 0.25) is 0 Å². The quantitative estimate of drug-likeness (QED) is 0.462. The van der Waals surface area contributed by atoms with Gasteiger partial charge in [0.1, 0.15) is 5.75 Å². The Hall–Kier alpha value is -1.19. The Balaban J connectivity index is 0.00000361. The smallest absolute Gasteiger partial charge is 0.422 e. The fraction of sp³-hybridized carbons (Fsp3) is 0.417. The summed E-state index contributed by atoms with van der Waals surface area (Å²) in [4.78, 5) is 3.70. The molecule has 1 rings (SSSR count). The molecule has 4 nitrogen and oxygen atoms in total. The highest BCUT2D eigenvalue weighted by Gasteiger charge is 2.28. The molecular weight excluding hydrogens is 386 g/mol. The summed E-state index contributed by atoms with van der Waals surface area (Å²) in [5.41, 5.74) is 6.86. The predicted octanol–water partition coefficient (Wildman–Crippen LogP) is 2.59. The lowest BCUT2D eigenvalue weighted by atomic mass is 10.1. The second kappa shape index (κ2) is 8.18. The monoisotopic (exact) mass is 403 g/mol. The SMILES string of the molecule is CN=C(N)NCc1ccc(C)cc1OCC(F)(F)F.I. The molecule has 0 bridgehead atoms. The van der Waals surface area contributed by atoms with Gasteiger partial charge in [0.2, 0.25) is 0 Å². The molecule has 0 atom stereocenters. The van der Waals surface area contributed by atoms with E-state index in [9.17, 15) is 13.2 Å². The lowest BCUT2D eigenvalue weighted by molar-refractivity contribution is -0.153. The number of aliphatic imine (C=N–C) groups is 1. The number of nitrogens with zero attached hydrogens (tertiary/aromatic N) is 1. The zero-order chi connectivity index (χ0) is 14.5. The van der Waals surface area contributed by atoms with Crippen LogP contribution >= 0.6 is 24.0 Å². The largest absolute Gasteiger partial charge is 0.484 e. The van der Waals surface area contributed by atoms with Crippen molar-refractivity contribution in [2.24, 2.45) is 10.7 Å². The van der Waals surface area contributed by atoms with Gasteiger partial charge in [0.15, 0.2) is 12.6 Å². The number of nitrogens with one attached hydrogen (secondary N) is 1. The molecule has 0 heterocycles. The molecule has 0 saturated carbocycles. The van der Waals surface area contributed by atoms with Crippen LogP contribution in [0.4, 0.5) is 13.2 Å². The molecule has 0 unspecified atom stereocenters. The molecule has 114 valence electrons. The van der Waals surface area contributed by atoms with Crippen LogP contribution in [0.1, 0.15) is 11.1 Å². The van der Waals surface area contributed by atoms with Gasteiger partial charge in [0.25, 0.3) is 0 Å². The number of hydrogen-bond donors (Lipinski definition) is 2. The van der Waals surface area contributed by atoms with Crippen LogP contribution < -0.4 is 15.8 Å². The van der Waals surface area contributed by atoms with Crippen LogP contribution in [0.25, 0.3) is 0 Å². The molecule has 0 aliphatic carbocycles. The first-order chi connectivity index (χ1) is 8.81. The summed E-state index contributed by atoms with van der Waals surface area (Å²) in [7, 11) is 1.51. The Bertz CT molecular complexity index is 464. The minimum Gasteiger partial charge on any atom is -0.484 e. The van der Waals surface area contributed by atoms with E-state index >= 15 is 0 Å². The van der Waals surface area contributed by atoms with Crippen LogP contribution in [0.5, 0.6) is 5.75 Å². The van der Waals surface area contributed by atoms with Crippen molar-refractivity contribution < 1.29 is 17.9 Å². The second-order valence-electron chi connectivity index (χ2n) is 3.98. The Morgan fingerprint density at radius 1 is 1.40 bits per heavy atom. The molecule has 0 amide bonds. The third-order valence-corrected chi connectivity index (χ3v) is 2.31. The van der Waals surface area contributed by atoms with Crippen LogP contribution in [0.15, 0.2) is 23.2 Å². The maximum atomic E-state index is 12.2. The van der Waals surface area contributed by atoms with E-state index < -0.39 is 12.8 Å². The molecule has 0 fully saturated rings. The molecule has 0 spiro atoms. The van der Waals surface area contributed by atoms with Crippen LogP contribution in [0, 0.1) is 6.92 Å². The molecule has 0 aliphatic rings. The second-order valence-corrected chi connectivity index (χ2v) is 3.98. The maximum absolute atomic E-state index is 12.2. The summed E-state index contributed by atoms with van der Waals surface area (Å²) in [5.74, 6) is 0.399. The van der Waals surface area contributed by atoms with Crippen molar-refractivity contribution in [1.29, 1.82) is 0 Å². The summed E-state index contributed by atoms with van der Waals surface area (Å²) in [6.07, 6.45) is -4.36. The van der Waals surface area contributed by atoms with Gasteiger partial charge in [0.05, 0.1) is 0 Å². The third kappa shape index (κ3) is 6.83. The predicted molar refractivity (Wildman–Crippen MR) is 82.5 cm³/mol. The van der Waals surface area contributed by atoms with E-state index in [1.807, 2.05) is 0 Å². The molecule has 0 radical (unpaired) electrons. The molecule has 8 heteroatoms. The Labute approximate surface area is 132 Å². The Kier molecular flexibility index (Phi) is 7.69. The van der Waals surface area contributed by atoms with Crippen molar-refractivity contribution in [3.8, 4) is 5.75 Å². The molecular formula is C12H17F3IN3O. The first-order valence-corrected chi connectivity index (χ1v) is 5.57. The van der Waals surface area contributed by atoms with Crippen molar-refractivity contribution in [2.75, 3.05) is 13.7 Å². The lowest BCUT2D eigenvalue weighted by Gasteiger charge is -2.14. The van der Waals surface area contributed by atoms with Gasteiger partial charge >= 0.3 is 6.18 Å². The summed E-state index contributed by atoms with van der Waals surface area (Å²) < 4.78 is 41.3. The van der Waals surface area contributed by atoms with E-state index in [2.05, 4.69) is 10.3 Å². The van der Waals surface area contributed by atoms with Crippen LogP contribution in [-0.4, -0.2) is 25.8 Å². The van der Waals surface area contributed by atoms with Crippen molar-refractivity contribution >= 4 is 29.9 Å². The minimum atomic E-state index is -4.36. The van der Waals surface area contributed by atoms with Crippen LogP contribution in [0.3, 0.4) is 0 Å². The number of aryl methyl sites for hydroxylation is 1. The number of ether oxygens (including phenoxy) is 1. The fourth-order valence-electron chi connectivity index (χ4n) is 1.37. The minimum absolute atomic E-state index is 0. The van der Waals surface area contributed by atoms with E-state index in [1.165, 1.54) is 7.05 Å². The van der Waals surface area contributed by atoms with Gasteiger partial charge in [-0.3, -0.25) is 4.99 Å². The normalized spacial score (nSPS) is 11.8. The van der Waals surface area contributed by atoms with Crippen molar-refractivity contribution in [3.05, 3.63) is 29.3 Å². The molecule has 0 aliphatic heterocycles. The number of benzene rings is 1. The molecule has 3 N–H and O–H groups in total. The average Bonchev–Trinajstić information content (AvgIpc) is 2.33. The number of rotatable bonds is 4. The highest BCUT2D eigenvalue weighted by Crippen LogP contribution is 2.23. The first-order valence-electron chi connectivity index (χ1n) is 5.57. The number of halogens is 4. The average molecular weight is 403 g/mol. The zero-order valence-electron chi connectivity index (χ0n) is 11.1. The lowest BCUT2D eigenvalue weighted by Crippen LogP contribution is -2.31. The number of hydrogen-bond acceptors (Lipinski definition) is 2. The van der Waals surface area contributed by atoms with Crippen molar-refractivity contribution in [2.45, 2.75) is 19.6 Å². The molecule has 1 aromatic rings. The zero-order valence-corrected chi connectivity index (χ0v) is 13.5. The molecule has 1 aromatic carbocycles. The number of guanidine groups is 1. The van der Waals surface area contributed by atoms with Crippen molar-refractivity contribution in [1.82, 2.24) is 5.32 Å². The number of alkyl halides is 3. The fourth-order valence-corrected chi connectivity index (χ4v) is 1.37. The van der Waals surface area contributed by atoms with Crippen molar-refractivity contribution in [3.63, 3.8) is 0 Å².